The summed E-state index contributed by atoms with van der Waals surface area (Å²) < 4.78 is 37.9. The number of benzene rings is 1. The van der Waals surface area contributed by atoms with E-state index in [1.165, 1.54) is 18.2 Å². The first kappa shape index (κ1) is 14.0. The molecule has 0 saturated carbocycles. The molecule has 0 radical (unpaired) electrons. The van der Waals surface area contributed by atoms with Crippen LogP contribution in [-0.4, -0.2) is 5.17 Å². The molecule has 0 amide bonds. The van der Waals surface area contributed by atoms with Crippen molar-refractivity contribution in [3.8, 4) is 0 Å². The van der Waals surface area contributed by atoms with Crippen LogP contribution < -0.4 is 0 Å². The Morgan fingerprint density at radius 3 is 2.53 bits per heavy atom. The first-order valence-corrected chi connectivity index (χ1v) is 5.72. The monoisotopic (exact) mass is 263 g/mol. The van der Waals surface area contributed by atoms with Crippen LogP contribution in [0.25, 0.3) is 0 Å². The Morgan fingerprint density at radius 2 is 1.94 bits per heavy atom. The molecule has 0 unspecified atom stereocenters. The summed E-state index contributed by atoms with van der Waals surface area (Å²) in [5.74, 6) is 0. The first-order chi connectivity index (χ1) is 7.95. The fourth-order valence-corrected chi connectivity index (χ4v) is 1.54. The smallest absolute Gasteiger partial charge is 0.241 e. The standard InChI is InChI=1S/C12H13ClF3N/c1-2-3-8-11(13)17-10-7-5-4-6-9(10)12(14,15)16/h4-7H,2-3,8H2,1H3/b17-11-. The van der Waals surface area contributed by atoms with Crippen LogP contribution in [0.5, 0.6) is 0 Å². The molecule has 0 heterocycles. The molecule has 0 fully saturated rings. The third-order valence-electron chi connectivity index (χ3n) is 2.19. The van der Waals surface area contributed by atoms with Crippen LogP contribution in [0.4, 0.5) is 18.9 Å². The molecular weight excluding hydrogens is 251 g/mol. The van der Waals surface area contributed by atoms with E-state index in [1.807, 2.05) is 6.92 Å². The van der Waals surface area contributed by atoms with Gasteiger partial charge >= 0.3 is 6.18 Å². The van der Waals surface area contributed by atoms with Crippen molar-refractivity contribution >= 4 is 22.5 Å². The SMILES string of the molecule is CCCC/C(Cl)=N/c1ccccc1C(F)(F)F. The molecule has 1 nitrogen and oxygen atoms in total. The number of rotatable bonds is 4. The molecule has 0 aliphatic carbocycles. The van der Waals surface area contributed by atoms with Gasteiger partial charge in [0, 0.05) is 6.42 Å². The van der Waals surface area contributed by atoms with Gasteiger partial charge in [0.05, 0.1) is 11.3 Å². The quantitative estimate of drug-likeness (QED) is 0.665. The molecule has 0 saturated heterocycles. The summed E-state index contributed by atoms with van der Waals surface area (Å²) in [6.07, 6.45) is -2.16. The van der Waals surface area contributed by atoms with Gasteiger partial charge in [0.15, 0.2) is 0 Å². The minimum absolute atomic E-state index is 0.124. The van der Waals surface area contributed by atoms with Crippen LogP contribution in [0.2, 0.25) is 0 Å². The minimum atomic E-state index is -4.40. The van der Waals surface area contributed by atoms with Crippen molar-refractivity contribution in [2.75, 3.05) is 0 Å². The van der Waals surface area contributed by atoms with E-state index in [4.69, 9.17) is 11.6 Å². The fourth-order valence-electron chi connectivity index (χ4n) is 1.32. The van der Waals surface area contributed by atoms with Gasteiger partial charge in [-0.1, -0.05) is 37.1 Å². The van der Waals surface area contributed by atoms with E-state index >= 15 is 0 Å². The number of hydrogen-bond acceptors (Lipinski definition) is 1. The van der Waals surface area contributed by atoms with Crippen molar-refractivity contribution in [3.05, 3.63) is 29.8 Å². The molecular formula is C12H13ClF3N. The summed E-state index contributed by atoms with van der Waals surface area (Å²) in [6.45, 7) is 1.98. The maximum absolute atomic E-state index is 12.6. The summed E-state index contributed by atoms with van der Waals surface area (Å²) in [5.41, 5.74) is -0.879. The Balaban J connectivity index is 2.98. The molecule has 5 heteroatoms. The Labute approximate surface area is 103 Å². The van der Waals surface area contributed by atoms with Crippen molar-refractivity contribution in [1.82, 2.24) is 0 Å². The molecule has 0 N–H and O–H groups in total. The number of hydrogen-bond donors (Lipinski definition) is 0. The number of para-hydroxylation sites is 1. The minimum Gasteiger partial charge on any atom is -0.241 e. The lowest BCUT2D eigenvalue weighted by Gasteiger charge is -2.09. The van der Waals surface area contributed by atoms with Crippen LogP contribution in [-0.2, 0) is 6.18 Å². The van der Waals surface area contributed by atoms with Crippen molar-refractivity contribution in [2.45, 2.75) is 32.4 Å². The molecule has 0 bridgehead atoms. The topological polar surface area (TPSA) is 12.4 Å². The van der Waals surface area contributed by atoms with Crippen LogP contribution in [0.15, 0.2) is 29.3 Å². The lowest BCUT2D eigenvalue weighted by molar-refractivity contribution is -0.137. The Morgan fingerprint density at radius 1 is 1.29 bits per heavy atom. The summed E-state index contributed by atoms with van der Waals surface area (Å²) in [7, 11) is 0. The molecule has 0 atom stereocenters. The van der Waals surface area contributed by atoms with E-state index in [9.17, 15) is 13.2 Å². The Kier molecular flexibility index (Phi) is 5.00. The highest BCUT2D eigenvalue weighted by molar-refractivity contribution is 6.65. The third kappa shape index (κ3) is 4.38. The largest absolute Gasteiger partial charge is 0.418 e. The summed E-state index contributed by atoms with van der Waals surface area (Å²) in [5, 5.41) is 0.212. The van der Waals surface area contributed by atoms with Gasteiger partial charge in [0.2, 0.25) is 0 Å². The zero-order chi connectivity index (χ0) is 12.9. The fraction of sp³-hybridized carbons (Fsp3) is 0.417. The lowest BCUT2D eigenvalue weighted by Crippen LogP contribution is -2.05. The van der Waals surface area contributed by atoms with E-state index in [0.29, 0.717) is 6.42 Å². The van der Waals surface area contributed by atoms with E-state index in [1.54, 1.807) is 0 Å². The normalized spacial score (nSPS) is 12.9. The Bertz CT molecular complexity index is 399. The van der Waals surface area contributed by atoms with Crippen molar-refractivity contribution in [3.63, 3.8) is 0 Å². The van der Waals surface area contributed by atoms with Crippen molar-refractivity contribution in [2.24, 2.45) is 4.99 Å². The van der Waals surface area contributed by atoms with E-state index in [2.05, 4.69) is 4.99 Å². The number of halogens is 4. The van der Waals surface area contributed by atoms with Crippen LogP contribution in [0.1, 0.15) is 31.7 Å². The number of nitrogens with zero attached hydrogens (tertiary/aromatic N) is 1. The highest BCUT2D eigenvalue weighted by atomic mass is 35.5. The average Bonchev–Trinajstić information content (AvgIpc) is 2.25. The molecule has 0 aliphatic heterocycles. The predicted octanol–water partition coefficient (Wildman–Crippen LogP) is 5.16. The molecule has 1 aromatic rings. The summed E-state index contributed by atoms with van der Waals surface area (Å²) in [6, 6.07) is 5.17. The molecule has 0 aromatic heterocycles. The summed E-state index contributed by atoms with van der Waals surface area (Å²) >= 11 is 5.80. The highest BCUT2D eigenvalue weighted by Crippen LogP contribution is 2.36. The van der Waals surface area contributed by atoms with Gasteiger partial charge in [-0.3, -0.25) is 0 Å². The number of aliphatic imine (C=N–C) groups is 1. The zero-order valence-electron chi connectivity index (χ0n) is 9.39. The van der Waals surface area contributed by atoms with Gasteiger partial charge in [0.1, 0.15) is 5.17 Å². The maximum atomic E-state index is 12.6. The Hall–Kier alpha value is -1.03. The first-order valence-electron chi connectivity index (χ1n) is 5.34. The van der Waals surface area contributed by atoms with Crippen LogP contribution >= 0.6 is 11.6 Å². The van der Waals surface area contributed by atoms with Gasteiger partial charge in [-0.25, -0.2) is 4.99 Å². The van der Waals surface area contributed by atoms with E-state index in [0.717, 1.165) is 18.9 Å². The van der Waals surface area contributed by atoms with E-state index in [-0.39, 0.29) is 10.9 Å². The van der Waals surface area contributed by atoms with Crippen molar-refractivity contribution < 1.29 is 13.2 Å². The van der Waals surface area contributed by atoms with Crippen molar-refractivity contribution in [1.29, 1.82) is 0 Å². The van der Waals surface area contributed by atoms with Gasteiger partial charge in [-0.15, -0.1) is 0 Å². The number of alkyl halides is 3. The molecule has 17 heavy (non-hydrogen) atoms. The van der Waals surface area contributed by atoms with Gasteiger partial charge in [-0.2, -0.15) is 13.2 Å². The third-order valence-corrected chi connectivity index (χ3v) is 2.46. The molecule has 0 spiro atoms. The van der Waals surface area contributed by atoms with E-state index < -0.39 is 11.7 Å². The highest BCUT2D eigenvalue weighted by Gasteiger charge is 2.33. The van der Waals surface area contributed by atoms with Crippen LogP contribution in [0.3, 0.4) is 0 Å². The lowest BCUT2D eigenvalue weighted by atomic mass is 10.2. The maximum Gasteiger partial charge on any atom is 0.418 e. The molecule has 94 valence electrons. The summed E-state index contributed by atoms with van der Waals surface area (Å²) in [4.78, 5) is 3.83. The zero-order valence-corrected chi connectivity index (χ0v) is 10.1. The molecule has 0 aliphatic rings. The van der Waals surface area contributed by atoms with Gasteiger partial charge < -0.3 is 0 Å². The van der Waals surface area contributed by atoms with Gasteiger partial charge in [-0.05, 0) is 18.6 Å². The molecule has 1 rings (SSSR count). The second-order valence-electron chi connectivity index (χ2n) is 3.61. The number of unbranched alkanes of at least 4 members (excludes halogenated alkanes) is 1. The average molecular weight is 264 g/mol. The molecule has 1 aromatic carbocycles. The second kappa shape index (κ2) is 6.05. The van der Waals surface area contributed by atoms with Crippen LogP contribution in [0, 0.1) is 0 Å². The second-order valence-corrected chi connectivity index (χ2v) is 4.04. The predicted molar refractivity (Wildman–Crippen MR) is 63.9 cm³/mol. The van der Waals surface area contributed by atoms with Gasteiger partial charge in [0.25, 0.3) is 0 Å².